The van der Waals surface area contributed by atoms with Gasteiger partial charge in [-0.3, -0.25) is 0 Å². The number of nitrogens with zero attached hydrogens (tertiary/aromatic N) is 3. The lowest BCUT2D eigenvalue weighted by Gasteiger charge is -2.25. The normalized spacial score (nSPS) is 19.6. The van der Waals surface area contributed by atoms with Crippen LogP contribution in [0, 0.1) is 11.5 Å². The molecule has 1 aliphatic heterocycles. The van der Waals surface area contributed by atoms with E-state index in [4.69, 9.17) is 5.26 Å². The second-order valence-corrected chi connectivity index (χ2v) is 5.91. The van der Waals surface area contributed by atoms with Gasteiger partial charge in [0.05, 0.1) is 12.2 Å². The summed E-state index contributed by atoms with van der Waals surface area (Å²) in [5.74, 6) is 0.615. The third-order valence-corrected chi connectivity index (χ3v) is 4.30. The molecule has 2 heterocycles. The Hall–Kier alpha value is -3.07. The number of hydrogen-bond donors (Lipinski definition) is 2. The van der Waals surface area contributed by atoms with E-state index >= 15 is 0 Å². The molecule has 0 aliphatic carbocycles. The van der Waals surface area contributed by atoms with Crippen LogP contribution in [0.5, 0.6) is 0 Å². The number of likely N-dealkylation sites (tertiary alicyclic amines) is 1. The Labute approximate surface area is 141 Å². The number of carbonyl (C=O) groups is 1. The summed E-state index contributed by atoms with van der Waals surface area (Å²) in [5.41, 5.74) is 2.11. The van der Waals surface area contributed by atoms with E-state index in [0.717, 1.165) is 23.1 Å². The molecule has 1 aromatic carbocycles. The average molecular weight is 321 g/mol. The summed E-state index contributed by atoms with van der Waals surface area (Å²) in [6, 6.07) is 12.0. The Morgan fingerprint density at radius 2 is 2.12 bits per heavy atom. The van der Waals surface area contributed by atoms with E-state index in [1.807, 2.05) is 43.4 Å². The fourth-order valence-electron chi connectivity index (χ4n) is 2.93. The lowest BCUT2D eigenvalue weighted by atomic mass is 10.0. The Kier molecular flexibility index (Phi) is 4.34. The van der Waals surface area contributed by atoms with Crippen molar-refractivity contribution in [1.29, 1.82) is 5.26 Å². The molecule has 2 N–H and O–H groups in total. The Bertz CT molecular complexity index is 771. The van der Waals surface area contributed by atoms with Gasteiger partial charge in [0.25, 0.3) is 0 Å². The van der Waals surface area contributed by atoms with Crippen LogP contribution >= 0.6 is 0 Å². The van der Waals surface area contributed by atoms with E-state index in [1.54, 1.807) is 11.1 Å². The van der Waals surface area contributed by atoms with Crippen molar-refractivity contribution in [2.45, 2.75) is 12.0 Å². The zero-order chi connectivity index (χ0) is 17.0. The van der Waals surface area contributed by atoms with Crippen molar-refractivity contribution in [2.24, 2.45) is 0 Å². The molecule has 1 aromatic heterocycles. The van der Waals surface area contributed by atoms with Crippen LogP contribution in [0.3, 0.4) is 0 Å². The van der Waals surface area contributed by atoms with E-state index in [9.17, 15) is 4.79 Å². The van der Waals surface area contributed by atoms with Crippen LogP contribution < -0.4 is 10.6 Å². The molecule has 122 valence electrons. The fraction of sp³-hybridized carbons (Fsp3) is 0.278. The van der Waals surface area contributed by atoms with Gasteiger partial charge in [-0.15, -0.1) is 0 Å². The van der Waals surface area contributed by atoms with E-state index in [0.29, 0.717) is 25.3 Å². The van der Waals surface area contributed by atoms with Crippen LogP contribution in [-0.2, 0) is 4.79 Å². The highest BCUT2D eigenvalue weighted by atomic mass is 16.1. The molecule has 2 aromatic rings. The minimum Gasteiger partial charge on any atom is -0.385 e. The van der Waals surface area contributed by atoms with Crippen LogP contribution in [0.25, 0.3) is 11.1 Å². The van der Waals surface area contributed by atoms with Crippen LogP contribution in [0.4, 0.5) is 11.5 Å². The molecule has 6 heteroatoms. The standard InChI is InChI=1S/C18H19N5O/c1-20-16-9-15(14-5-3-2-4-6-14)10-21-17(16)22-18(12-24)7-8-23(11-18)13-19/h2-6,9-10,12,20H,7-8,11H2,1H3,(H,21,22)/t18-/m0/s1. The highest BCUT2D eigenvalue weighted by Crippen LogP contribution is 2.30. The molecule has 6 nitrogen and oxygen atoms in total. The van der Waals surface area contributed by atoms with E-state index in [1.165, 1.54) is 0 Å². The number of nitriles is 1. The molecule has 1 aliphatic rings. The van der Waals surface area contributed by atoms with Gasteiger partial charge in [-0.1, -0.05) is 30.3 Å². The van der Waals surface area contributed by atoms with Gasteiger partial charge >= 0.3 is 0 Å². The molecule has 0 bridgehead atoms. The zero-order valence-electron chi connectivity index (χ0n) is 13.5. The Morgan fingerprint density at radius 1 is 1.33 bits per heavy atom. The third kappa shape index (κ3) is 3.01. The number of nitrogens with one attached hydrogen (secondary N) is 2. The SMILES string of the molecule is CNc1cc(-c2ccccc2)cnc1N[C@@]1(C=O)CCN(C#N)C1. The molecule has 0 saturated carbocycles. The van der Waals surface area contributed by atoms with Crippen molar-refractivity contribution in [1.82, 2.24) is 9.88 Å². The van der Waals surface area contributed by atoms with Gasteiger partial charge in [0.2, 0.25) is 0 Å². The van der Waals surface area contributed by atoms with Gasteiger partial charge in [-0.2, -0.15) is 5.26 Å². The topological polar surface area (TPSA) is 81.1 Å². The first-order valence-electron chi connectivity index (χ1n) is 7.82. The van der Waals surface area contributed by atoms with Gasteiger partial charge in [0.15, 0.2) is 6.19 Å². The zero-order valence-corrected chi connectivity index (χ0v) is 13.5. The summed E-state index contributed by atoms with van der Waals surface area (Å²) in [6.07, 6.45) is 5.35. The lowest BCUT2D eigenvalue weighted by Crippen LogP contribution is -2.42. The maximum absolute atomic E-state index is 11.6. The highest BCUT2D eigenvalue weighted by Gasteiger charge is 2.38. The van der Waals surface area contributed by atoms with Crippen molar-refractivity contribution in [2.75, 3.05) is 30.8 Å². The molecule has 3 rings (SSSR count). The first-order chi connectivity index (χ1) is 11.7. The third-order valence-electron chi connectivity index (χ3n) is 4.30. The van der Waals surface area contributed by atoms with Crippen molar-refractivity contribution in [3.63, 3.8) is 0 Å². The van der Waals surface area contributed by atoms with Crippen molar-refractivity contribution < 1.29 is 4.79 Å². The van der Waals surface area contributed by atoms with E-state index < -0.39 is 5.54 Å². The van der Waals surface area contributed by atoms with Crippen molar-refractivity contribution >= 4 is 17.8 Å². The Morgan fingerprint density at radius 3 is 2.75 bits per heavy atom. The number of aromatic nitrogens is 1. The first-order valence-corrected chi connectivity index (χ1v) is 7.82. The highest BCUT2D eigenvalue weighted by molar-refractivity contribution is 5.78. The smallest absolute Gasteiger partial charge is 0.179 e. The van der Waals surface area contributed by atoms with Crippen LogP contribution in [0.15, 0.2) is 42.6 Å². The lowest BCUT2D eigenvalue weighted by molar-refractivity contribution is -0.111. The molecule has 0 amide bonds. The summed E-state index contributed by atoms with van der Waals surface area (Å²) < 4.78 is 0. The maximum Gasteiger partial charge on any atom is 0.179 e. The molecule has 0 spiro atoms. The summed E-state index contributed by atoms with van der Waals surface area (Å²) >= 11 is 0. The second kappa shape index (κ2) is 6.59. The molecule has 0 radical (unpaired) electrons. The largest absolute Gasteiger partial charge is 0.385 e. The van der Waals surface area contributed by atoms with Gasteiger partial charge in [0, 0.05) is 25.4 Å². The number of carbonyl (C=O) groups excluding carboxylic acids is 1. The summed E-state index contributed by atoms with van der Waals surface area (Å²) in [7, 11) is 1.82. The van der Waals surface area contributed by atoms with Crippen LogP contribution in [0.1, 0.15) is 6.42 Å². The van der Waals surface area contributed by atoms with E-state index in [-0.39, 0.29) is 0 Å². The molecule has 1 fully saturated rings. The minimum absolute atomic E-state index is 0.359. The number of hydrogen-bond acceptors (Lipinski definition) is 6. The number of pyridine rings is 1. The monoisotopic (exact) mass is 321 g/mol. The number of anilines is 2. The summed E-state index contributed by atoms with van der Waals surface area (Å²) in [4.78, 5) is 17.7. The predicted octanol–water partition coefficient (Wildman–Crippen LogP) is 2.33. The minimum atomic E-state index is -0.775. The molecular formula is C18H19N5O. The van der Waals surface area contributed by atoms with Crippen LogP contribution in [0.2, 0.25) is 0 Å². The summed E-state index contributed by atoms with van der Waals surface area (Å²) in [6.45, 7) is 0.928. The Balaban J connectivity index is 1.89. The quantitative estimate of drug-likeness (QED) is 0.650. The molecule has 1 atom stereocenters. The average Bonchev–Trinajstić information content (AvgIpc) is 3.06. The van der Waals surface area contributed by atoms with Crippen molar-refractivity contribution in [3.05, 3.63) is 42.6 Å². The van der Waals surface area contributed by atoms with Crippen LogP contribution in [-0.4, -0.2) is 41.8 Å². The van der Waals surface area contributed by atoms with Gasteiger partial charge in [-0.05, 0) is 18.1 Å². The van der Waals surface area contributed by atoms with Crippen molar-refractivity contribution in [3.8, 4) is 17.3 Å². The predicted molar refractivity (Wildman–Crippen MR) is 93.4 cm³/mol. The molecular weight excluding hydrogens is 302 g/mol. The van der Waals surface area contributed by atoms with E-state index in [2.05, 4.69) is 21.8 Å². The molecule has 0 unspecified atom stereocenters. The number of aldehydes is 1. The summed E-state index contributed by atoms with van der Waals surface area (Å²) in [5, 5.41) is 15.4. The van der Waals surface area contributed by atoms with Gasteiger partial charge < -0.3 is 20.3 Å². The fourth-order valence-corrected chi connectivity index (χ4v) is 2.93. The van der Waals surface area contributed by atoms with Gasteiger partial charge in [0.1, 0.15) is 17.6 Å². The second-order valence-electron chi connectivity index (χ2n) is 5.91. The van der Waals surface area contributed by atoms with Gasteiger partial charge in [-0.25, -0.2) is 4.98 Å². The maximum atomic E-state index is 11.6. The molecule has 24 heavy (non-hydrogen) atoms. The first kappa shape index (κ1) is 15.8. The molecule has 1 saturated heterocycles. The number of rotatable bonds is 5. The number of benzene rings is 1.